The third-order valence-corrected chi connectivity index (χ3v) is 6.42. The maximum Gasteiger partial charge on any atom is 0.342 e. The Morgan fingerprint density at radius 3 is 2.41 bits per heavy atom. The number of aromatic nitrogens is 1. The first-order valence-corrected chi connectivity index (χ1v) is 10.9. The number of thiophene rings is 1. The number of ether oxygens (including phenoxy) is 1. The van der Waals surface area contributed by atoms with Gasteiger partial charge in [-0.25, -0.2) is 4.79 Å². The molecule has 162 valence electrons. The van der Waals surface area contributed by atoms with E-state index in [-0.39, 0.29) is 17.3 Å². The molecule has 0 spiro atoms. The quantitative estimate of drug-likeness (QED) is 0.299. The van der Waals surface area contributed by atoms with Crippen molar-refractivity contribution in [1.82, 2.24) is 4.98 Å². The number of H-pyrrole nitrogens is 1. The van der Waals surface area contributed by atoms with Crippen LogP contribution in [0.2, 0.25) is 0 Å². The van der Waals surface area contributed by atoms with Gasteiger partial charge in [0, 0.05) is 40.0 Å². The van der Waals surface area contributed by atoms with Gasteiger partial charge in [0.05, 0.1) is 5.56 Å². The lowest BCUT2D eigenvalue weighted by Gasteiger charge is -2.18. The number of rotatable bonds is 6. The fraction of sp³-hybridized carbons (Fsp3) is 0.160. The summed E-state index contributed by atoms with van der Waals surface area (Å²) in [6.45, 7) is 5.05. The number of aromatic amines is 1. The zero-order valence-electron chi connectivity index (χ0n) is 17.9. The van der Waals surface area contributed by atoms with E-state index in [2.05, 4.69) is 10.3 Å². The van der Waals surface area contributed by atoms with E-state index in [1.807, 2.05) is 37.3 Å². The topological polar surface area (TPSA) is 88.3 Å². The number of benzene rings is 2. The minimum atomic E-state index is -1.13. The van der Waals surface area contributed by atoms with Crippen molar-refractivity contribution >= 4 is 44.9 Å². The number of Topliss-reactive ketones (excluding diaryl/α,β-unsaturated/α-hetero) is 1. The second-order valence-corrected chi connectivity index (χ2v) is 8.70. The molecule has 0 saturated carbocycles. The van der Waals surface area contributed by atoms with Gasteiger partial charge < -0.3 is 15.0 Å². The van der Waals surface area contributed by atoms with Crippen LogP contribution in [0.4, 0.5) is 5.00 Å². The van der Waals surface area contributed by atoms with E-state index >= 15 is 0 Å². The number of hydrogen-bond donors (Lipinski definition) is 2. The summed E-state index contributed by atoms with van der Waals surface area (Å²) in [5.74, 6) is -1.26. The molecule has 1 amide bonds. The molecule has 0 bridgehead atoms. The number of aryl methyl sites for hydroxylation is 1. The van der Waals surface area contributed by atoms with Gasteiger partial charge in [-0.3, -0.25) is 9.59 Å². The maximum absolute atomic E-state index is 13.6. The molecule has 4 aromatic rings. The van der Waals surface area contributed by atoms with E-state index < -0.39 is 12.1 Å². The smallest absolute Gasteiger partial charge is 0.342 e. The van der Waals surface area contributed by atoms with Crippen molar-refractivity contribution in [3.63, 3.8) is 0 Å². The standard InChI is InChI=1S/C25H22N2O4S/c1-14-15(2)32-24(27-16(3)28)21(14)25(30)31-23(17-9-5-4-6-10-17)22(29)19-13-26-20-12-8-7-11-18(19)20/h4-13,23,26H,1-3H3,(H,27,28)/t23-/m1/s1. The Kier molecular flexibility index (Phi) is 5.92. The summed E-state index contributed by atoms with van der Waals surface area (Å²) in [4.78, 5) is 42.5. The van der Waals surface area contributed by atoms with E-state index in [4.69, 9.17) is 4.74 Å². The number of nitrogens with one attached hydrogen (secondary N) is 2. The van der Waals surface area contributed by atoms with Crippen LogP contribution in [0.5, 0.6) is 0 Å². The van der Waals surface area contributed by atoms with Crippen LogP contribution in [-0.2, 0) is 9.53 Å². The summed E-state index contributed by atoms with van der Waals surface area (Å²) in [7, 11) is 0. The molecule has 0 aliphatic heterocycles. The molecule has 2 heterocycles. The fourth-order valence-corrected chi connectivity index (χ4v) is 4.70. The highest BCUT2D eigenvalue weighted by Gasteiger charge is 2.31. The van der Waals surface area contributed by atoms with Crippen molar-refractivity contribution in [2.45, 2.75) is 26.9 Å². The van der Waals surface area contributed by atoms with Crippen molar-refractivity contribution in [2.24, 2.45) is 0 Å². The first-order chi connectivity index (χ1) is 15.4. The van der Waals surface area contributed by atoms with Gasteiger partial charge in [-0.05, 0) is 25.5 Å². The van der Waals surface area contributed by atoms with Crippen LogP contribution in [0, 0.1) is 13.8 Å². The van der Waals surface area contributed by atoms with Crippen molar-refractivity contribution in [3.8, 4) is 0 Å². The molecule has 2 aromatic carbocycles. The maximum atomic E-state index is 13.6. The van der Waals surface area contributed by atoms with Crippen molar-refractivity contribution in [3.05, 3.63) is 87.9 Å². The van der Waals surface area contributed by atoms with Crippen LogP contribution >= 0.6 is 11.3 Å². The summed E-state index contributed by atoms with van der Waals surface area (Å²) in [5, 5.41) is 3.88. The van der Waals surface area contributed by atoms with Crippen molar-refractivity contribution < 1.29 is 19.1 Å². The summed E-state index contributed by atoms with van der Waals surface area (Å²) < 4.78 is 5.83. The van der Waals surface area contributed by atoms with E-state index in [1.54, 1.807) is 37.4 Å². The zero-order chi connectivity index (χ0) is 22.8. The molecule has 2 aromatic heterocycles. The van der Waals surface area contributed by atoms with E-state index in [9.17, 15) is 14.4 Å². The average molecular weight is 447 g/mol. The summed E-state index contributed by atoms with van der Waals surface area (Å²) >= 11 is 1.31. The number of ketones is 1. The van der Waals surface area contributed by atoms with E-state index in [0.29, 0.717) is 16.1 Å². The highest BCUT2D eigenvalue weighted by Crippen LogP contribution is 2.35. The molecular formula is C25H22N2O4S. The SMILES string of the molecule is CC(=O)Nc1sc(C)c(C)c1C(=O)O[C@@H](C(=O)c1c[nH]c2ccccc12)c1ccccc1. The molecule has 0 saturated heterocycles. The van der Waals surface area contributed by atoms with Gasteiger partial charge in [0.15, 0.2) is 6.10 Å². The van der Waals surface area contributed by atoms with Gasteiger partial charge in [-0.2, -0.15) is 0 Å². The Balaban J connectivity index is 1.74. The first kappa shape index (κ1) is 21.5. The molecule has 32 heavy (non-hydrogen) atoms. The Morgan fingerprint density at radius 2 is 1.69 bits per heavy atom. The average Bonchev–Trinajstić information content (AvgIpc) is 3.32. The summed E-state index contributed by atoms with van der Waals surface area (Å²) in [5.41, 5.74) is 2.83. The number of fused-ring (bicyclic) bond motifs is 1. The number of carbonyl (C=O) groups is 3. The monoisotopic (exact) mass is 446 g/mol. The number of carbonyl (C=O) groups excluding carboxylic acids is 3. The normalized spacial score (nSPS) is 11.8. The molecule has 1 atom stereocenters. The Bertz CT molecular complexity index is 1320. The fourth-order valence-electron chi connectivity index (χ4n) is 3.60. The number of esters is 1. The summed E-state index contributed by atoms with van der Waals surface area (Å²) in [6.07, 6.45) is 0.507. The molecule has 0 aliphatic rings. The minimum absolute atomic E-state index is 0.273. The lowest BCUT2D eigenvalue weighted by atomic mass is 9.99. The molecule has 4 rings (SSSR count). The predicted molar refractivity (Wildman–Crippen MR) is 125 cm³/mol. The number of hydrogen-bond acceptors (Lipinski definition) is 5. The predicted octanol–water partition coefficient (Wildman–Crippen LogP) is 5.59. The van der Waals surface area contributed by atoms with Crippen LogP contribution in [0.15, 0.2) is 60.8 Å². The van der Waals surface area contributed by atoms with Crippen LogP contribution in [-0.4, -0.2) is 22.6 Å². The molecule has 7 heteroatoms. The molecular weight excluding hydrogens is 424 g/mol. The minimum Gasteiger partial charge on any atom is -0.445 e. The molecule has 2 N–H and O–H groups in total. The Morgan fingerprint density at radius 1 is 1.00 bits per heavy atom. The Hall–Kier alpha value is -3.71. The lowest BCUT2D eigenvalue weighted by molar-refractivity contribution is -0.114. The second kappa shape index (κ2) is 8.80. The third kappa shape index (κ3) is 4.07. The van der Waals surface area contributed by atoms with Crippen LogP contribution in [0.25, 0.3) is 10.9 Å². The van der Waals surface area contributed by atoms with Gasteiger partial charge >= 0.3 is 5.97 Å². The number of para-hydroxylation sites is 1. The largest absolute Gasteiger partial charge is 0.445 e. The Labute approximate surface area is 189 Å². The lowest BCUT2D eigenvalue weighted by Crippen LogP contribution is -2.21. The highest BCUT2D eigenvalue weighted by atomic mass is 32.1. The van der Waals surface area contributed by atoms with E-state index in [1.165, 1.54) is 18.3 Å². The van der Waals surface area contributed by atoms with Crippen LogP contribution in [0.1, 0.15) is 49.7 Å². The molecule has 0 aliphatic carbocycles. The van der Waals surface area contributed by atoms with Gasteiger partial charge in [0.1, 0.15) is 5.00 Å². The zero-order valence-corrected chi connectivity index (χ0v) is 18.7. The molecule has 6 nitrogen and oxygen atoms in total. The third-order valence-electron chi connectivity index (χ3n) is 5.30. The van der Waals surface area contributed by atoms with Crippen molar-refractivity contribution in [2.75, 3.05) is 5.32 Å². The molecule has 0 fully saturated rings. The molecule has 0 radical (unpaired) electrons. The van der Waals surface area contributed by atoms with Crippen LogP contribution < -0.4 is 5.32 Å². The first-order valence-electron chi connectivity index (χ1n) is 10.1. The van der Waals surface area contributed by atoms with E-state index in [0.717, 1.165) is 21.3 Å². The highest BCUT2D eigenvalue weighted by molar-refractivity contribution is 7.16. The van der Waals surface area contributed by atoms with Gasteiger partial charge in [-0.1, -0.05) is 48.5 Å². The van der Waals surface area contributed by atoms with Gasteiger partial charge in [0.25, 0.3) is 0 Å². The second-order valence-electron chi connectivity index (χ2n) is 7.48. The summed E-state index contributed by atoms with van der Waals surface area (Å²) in [6, 6.07) is 16.4. The van der Waals surface area contributed by atoms with Crippen LogP contribution in [0.3, 0.4) is 0 Å². The van der Waals surface area contributed by atoms with Gasteiger partial charge in [0.2, 0.25) is 11.7 Å². The van der Waals surface area contributed by atoms with Crippen molar-refractivity contribution in [1.29, 1.82) is 0 Å². The van der Waals surface area contributed by atoms with Gasteiger partial charge in [-0.15, -0.1) is 11.3 Å². The molecule has 0 unspecified atom stereocenters. The number of anilines is 1. The number of amides is 1.